The first kappa shape index (κ1) is 24.3. The van der Waals surface area contributed by atoms with Gasteiger partial charge >= 0.3 is 0 Å². The molecular weight excluding hydrogens is 470 g/mol. The Labute approximate surface area is 206 Å². The number of benzene rings is 1. The minimum Gasteiger partial charge on any atom is -0.510 e. The van der Waals surface area contributed by atoms with Gasteiger partial charge in [0.1, 0.15) is 28.6 Å². The average Bonchev–Trinajstić information content (AvgIpc) is 3.30. The molecule has 3 aliphatic carbocycles. The zero-order valence-electron chi connectivity index (χ0n) is 19.7. The van der Waals surface area contributed by atoms with Crippen molar-refractivity contribution < 1.29 is 39.9 Å². The predicted octanol–water partition coefficient (Wildman–Crippen LogP) is 0.380. The standard InChI is InChI=1S/C25H29N3O8/c1-2-28-5-3-4-13(28)10-8-14(29)16-11(19(10)30)6-9-7-12-18(26)21(32)17(24(27)35)23(34)25(12,36)22(33)15(9)20(16)31/h8-9,12-13,18,29-30,32-33,36H,2-7,26H2,1H3,(H2,27,35)/t9-,12-,13-,18-,25-/m0/s1. The van der Waals surface area contributed by atoms with Crippen molar-refractivity contribution in [2.24, 2.45) is 23.3 Å². The van der Waals surface area contributed by atoms with Crippen molar-refractivity contribution in [3.05, 3.63) is 45.4 Å². The highest BCUT2D eigenvalue weighted by Crippen LogP contribution is 2.53. The number of aromatic hydroxyl groups is 2. The number of amides is 1. The van der Waals surface area contributed by atoms with Crippen molar-refractivity contribution in [1.82, 2.24) is 4.90 Å². The Kier molecular flexibility index (Phi) is 5.43. The van der Waals surface area contributed by atoms with Crippen LogP contribution in [0.4, 0.5) is 0 Å². The molecule has 11 nitrogen and oxygen atoms in total. The highest BCUT2D eigenvalue weighted by molar-refractivity contribution is 6.24. The molecule has 0 radical (unpaired) electrons. The lowest BCUT2D eigenvalue weighted by molar-refractivity contribution is -0.145. The SMILES string of the molecule is CCN1CCC[C@H]1c1cc(O)c2c(c1O)C[C@H]1C[C@H]3[C@H](N)C(O)=C(C(N)=O)C(=O)[C@@]3(O)C(O)=C1C2=O. The van der Waals surface area contributed by atoms with Crippen LogP contribution in [-0.4, -0.2) is 72.6 Å². The summed E-state index contributed by atoms with van der Waals surface area (Å²) in [6.07, 6.45) is 1.61. The van der Waals surface area contributed by atoms with Crippen LogP contribution in [0.1, 0.15) is 53.7 Å². The van der Waals surface area contributed by atoms with Gasteiger partial charge in [0.25, 0.3) is 5.91 Å². The summed E-state index contributed by atoms with van der Waals surface area (Å²) in [7, 11) is 0. The third kappa shape index (κ3) is 2.99. The Morgan fingerprint density at radius 2 is 1.92 bits per heavy atom. The highest BCUT2D eigenvalue weighted by Gasteiger charge is 2.62. The molecule has 36 heavy (non-hydrogen) atoms. The number of nitrogens with two attached hydrogens (primary N) is 2. The van der Waals surface area contributed by atoms with Crippen molar-refractivity contribution in [3.8, 4) is 11.5 Å². The molecule has 1 aliphatic heterocycles. The number of Topliss-reactive ketones (excluding diaryl/α,β-unsaturated/α-hetero) is 2. The van der Waals surface area contributed by atoms with Crippen molar-refractivity contribution >= 4 is 17.5 Å². The third-order valence-electron chi connectivity index (χ3n) is 8.38. The first-order chi connectivity index (χ1) is 16.9. The van der Waals surface area contributed by atoms with Gasteiger partial charge in [0.05, 0.1) is 11.6 Å². The van der Waals surface area contributed by atoms with E-state index < -0.39 is 58.0 Å². The summed E-state index contributed by atoms with van der Waals surface area (Å²) < 4.78 is 0. The zero-order valence-corrected chi connectivity index (χ0v) is 19.7. The number of allylic oxidation sites excluding steroid dienone is 1. The summed E-state index contributed by atoms with van der Waals surface area (Å²) in [5.41, 5.74) is 7.82. The molecule has 0 bridgehead atoms. The van der Waals surface area contributed by atoms with E-state index in [1.54, 1.807) is 0 Å². The monoisotopic (exact) mass is 499 g/mol. The number of carbonyl (C=O) groups is 3. The van der Waals surface area contributed by atoms with Gasteiger partial charge < -0.3 is 37.0 Å². The van der Waals surface area contributed by atoms with Crippen molar-refractivity contribution in [1.29, 1.82) is 0 Å². The second kappa shape index (κ2) is 8.05. The van der Waals surface area contributed by atoms with Crippen LogP contribution < -0.4 is 11.5 Å². The lowest BCUT2D eigenvalue weighted by Crippen LogP contribution is -2.63. The van der Waals surface area contributed by atoms with E-state index in [0.29, 0.717) is 5.56 Å². The van der Waals surface area contributed by atoms with Crippen LogP contribution in [0.25, 0.3) is 0 Å². The van der Waals surface area contributed by atoms with Crippen LogP contribution in [-0.2, 0) is 16.0 Å². The molecule has 0 saturated carbocycles. The molecule has 1 aromatic rings. The largest absolute Gasteiger partial charge is 0.510 e. The van der Waals surface area contributed by atoms with Gasteiger partial charge in [-0.3, -0.25) is 19.3 Å². The summed E-state index contributed by atoms with van der Waals surface area (Å²) in [6, 6.07) is -0.182. The maximum atomic E-state index is 13.6. The van der Waals surface area contributed by atoms with Crippen LogP contribution in [0.2, 0.25) is 0 Å². The van der Waals surface area contributed by atoms with E-state index in [-0.39, 0.29) is 47.1 Å². The third-order valence-corrected chi connectivity index (χ3v) is 8.38. The van der Waals surface area contributed by atoms with E-state index in [0.717, 1.165) is 25.9 Å². The molecule has 1 amide bonds. The quantitative estimate of drug-likeness (QED) is 0.225. The Morgan fingerprint density at radius 1 is 1.22 bits per heavy atom. The number of likely N-dealkylation sites (tertiary alicyclic amines) is 1. The average molecular weight is 500 g/mol. The molecule has 1 saturated heterocycles. The molecule has 1 aromatic carbocycles. The second-order valence-corrected chi connectivity index (χ2v) is 10.1. The predicted molar refractivity (Wildman–Crippen MR) is 125 cm³/mol. The lowest BCUT2D eigenvalue weighted by Gasteiger charge is -2.47. The molecule has 9 N–H and O–H groups in total. The van der Waals surface area contributed by atoms with Crippen LogP contribution in [0.15, 0.2) is 28.7 Å². The van der Waals surface area contributed by atoms with E-state index in [2.05, 4.69) is 4.90 Å². The van der Waals surface area contributed by atoms with Crippen LogP contribution in [0, 0.1) is 11.8 Å². The van der Waals surface area contributed by atoms with Gasteiger partial charge in [0, 0.05) is 28.7 Å². The van der Waals surface area contributed by atoms with Crippen molar-refractivity contribution in [2.45, 2.75) is 50.3 Å². The Hall–Kier alpha value is -3.41. The number of primary amides is 1. The summed E-state index contributed by atoms with van der Waals surface area (Å²) >= 11 is 0. The van der Waals surface area contributed by atoms with Crippen LogP contribution >= 0.6 is 0 Å². The van der Waals surface area contributed by atoms with Gasteiger partial charge in [-0.2, -0.15) is 0 Å². The summed E-state index contributed by atoms with van der Waals surface area (Å²) in [5, 5.41) is 54.9. The number of ketones is 2. The summed E-state index contributed by atoms with van der Waals surface area (Å²) in [5.74, 6) is -7.81. The molecule has 5 atom stereocenters. The number of phenols is 2. The molecule has 0 unspecified atom stereocenters. The van der Waals surface area contributed by atoms with Crippen LogP contribution in [0.5, 0.6) is 11.5 Å². The molecule has 192 valence electrons. The molecular formula is C25H29N3O8. The maximum absolute atomic E-state index is 13.6. The van der Waals surface area contributed by atoms with Gasteiger partial charge in [-0.15, -0.1) is 0 Å². The normalized spacial score (nSPS) is 32.4. The first-order valence-corrected chi connectivity index (χ1v) is 12.0. The number of fused-ring (bicyclic) bond motifs is 3. The molecule has 4 aliphatic rings. The number of aliphatic hydroxyl groups excluding tert-OH is 2. The van der Waals surface area contributed by atoms with Gasteiger partial charge in [0.2, 0.25) is 5.78 Å². The number of carbonyl (C=O) groups excluding carboxylic acids is 3. The molecule has 1 fully saturated rings. The van der Waals surface area contributed by atoms with Gasteiger partial charge in [-0.25, -0.2) is 0 Å². The molecule has 0 aromatic heterocycles. The maximum Gasteiger partial charge on any atom is 0.255 e. The van der Waals surface area contributed by atoms with Crippen molar-refractivity contribution in [3.63, 3.8) is 0 Å². The van der Waals surface area contributed by atoms with Gasteiger partial charge in [-0.1, -0.05) is 6.92 Å². The fourth-order valence-corrected chi connectivity index (χ4v) is 6.61. The topological polar surface area (TPSA) is 208 Å². The molecule has 5 rings (SSSR count). The number of rotatable bonds is 3. The molecule has 11 heteroatoms. The number of phenolic OH excluding ortho intramolecular Hbond substituents is 2. The number of aliphatic hydroxyl groups is 3. The lowest BCUT2D eigenvalue weighted by atomic mass is 9.59. The van der Waals surface area contributed by atoms with E-state index in [4.69, 9.17) is 11.5 Å². The summed E-state index contributed by atoms with van der Waals surface area (Å²) in [4.78, 5) is 40.6. The van der Waals surface area contributed by atoms with Crippen molar-refractivity contribution in [2.75, 3.05) is 13.1 Å². The number of hydrogen-bond acceptors (Lipinski definition) is 10. The summed E-state index contributed by atoms with van der Waals surface area (Å²) in [6.45, 7) is 3.60. The minimum absolute atomic E-state index is 0.0210. The van der Waals surface area contributed by atoms with Crippen LogP contribution in [0.3, 0.4) is 0 Å². The molecule has 1 heterocycles. The smallest absolute Gasteiger partial charge is 0.255 e. The zero-order chi connectivity index (χ0) is 26.3. The molecule has 0 spiro atoms. The second-order valence-electron chi connectivity index (χ2n) is 10.1. The van der Waals surface area contributed by atoms with E-state index in [1.165, 1.54) is 6.07 Å². The minimum atomic E-state index is -2.75. The first-order valence-electron chi connectivity index (χ1n) is 12.0. The van der Waals surface area contributed by atoms with E-state index in [1.807, 2.05) is 6.92 Å². The van der Waals surface area contributed by atoms with Gasteiger partial charge in [0.15, 0.2) is 11.4 Å². The van der Waals surface area contributed by atoms with E-state index in [9.17, 15) is 39.9 Å². The van der Waals surface area contributed by atoms with Gasteiger partial charge in [-0.05, 0) is 50.8 Å². The number of nitrogens with zero attached hydrogens (tertiary/aromatic N) is 1. The fraction of sp³-hybridized carbons (Fsp3) is 0.480. The Morgan fingerprint density at radius 3 is 2.56 bits per heavy atom. The Bertz CT molecular complexity index is 1280. The Balaban J connectivity index is 1.66. The van der Waals surface area contributed by atoms with E-state index >= 15 is 0 Å². The highest BCUT2D eigenvalue weighted by atomic mass is 16.3. The fourth-order valence-electron chi connectivity index (χ4n) is 6.61. The number of hydrogen-bond donors (Lipinski definition) is 7.